The molecule has 1 aliphatic heterocycles. The zero-order valence-electron chi connectivity index (χ0n) is 8.62. The number of hydrogen-bond acceptors (Lipinski definition) is 2. The Hall–Kier alpha value is -0.510. The minimum Gasteiger partial charge on any atom is -0.501 e. The summed E-state index contributed by atoms with van der Waals surface area (Å²) in [6.45, 7) is 0.733. The maximum Gasteiger partial charge on any atom is 0.103 e. The van der Waals surface area contributed by atoms with E-state index in [4.69, 9.17) is 16.3 Å². The van der Waals surface area contributed by atoms with Crippen molar-refractivity contribution in [2.75, 3.05) is 6.61 Å². The average molecular weight is 304 g/mol. The summed E-state index contributed by atoms with van der Waals surface area (Å²) < 4.78 is 6.05. The number of ether oxygens (including phenoxy) is 1. The summed E-state index contributed by atoms with van der Waals surface area (Å²) in [5.41, 5.74) is 1.70. The van der Waals surface area contributed by atoms with Crippen LogP contribution in [-0.4, -0.2) is 11.7 Å². The minimum atomic E-state index is -0.620. The standard InChI is InChI=1S/C12H12BrClO2/c13-10-4-3-8(6-11(10)14)12(15)9-2-1-5-16-7-9/h3-4,6-7,12,15H,1-2,5H2. The number of hydrogen-bond donors (Lipinski definition) is 1. The third kappa shape index (κ3) is 2.59. The van der Waals surface area contributed by atoms with Crippen molar-refractivity contribution in [3.63, 3.8) is 0 Å². The molecule has 2 nitrogen and oxygen atoms in total. The maximum absolute atomic E-state index is 10.1. The lowest BCUT2D eigenvalue weighted by Crippen LogP contribution is -2.07. The highest BCUT2D eigenvalue weighted by molar-refractivity contribution is 9.10. The third-order valence-electron chi connectivity index (χ3n) is 2.57. The van der Waals surface area contributed by atoms with E-state index in [9.17, 15) is 5.11 Å². The molecule has 1 atom stereocenters. The summed E-state index contributed by atoms with van der Waals surface area (Å²) in [6, 6.07) is 5.47. The van der Waals surface area contributed by atoms with Gasteiger partial charge in [-0.05, 0) is 52.0 Å². The molecule has 0 amide bonds. The first-order valence-electron chi connectivity index (χ1n) is 5.12. The van der Waals surface area contributed by atoms with Gasteiger partial charge >= 0.3 is 0 Å². The highest BCUT2D eigenvalue weighted by Crippen LogP contribution is 2.31. The van der Waals surface area contributed by atoms with Crippen LogP contribution in [0.2, 0.25) is 5.02 Å². The van der Waals surface area contributed by atoms with Gasteiger partial charge < -0.3 is 9.84 Å². The first-order valence-corrected chi connectivity index (χ1v) is 6.29. The number of benzene rings is 1. The molecule has 1 N–H and O–H groups in total. The van der Waals surface area contributed by atoms with Crippen molar-refractivity contribution in [3.05, 3.63) is 45.1 Å². The summed E-state index contributed by atoms with van der Waals surface area (Å²) in [7, 11) is 0. The number of halogens is 2. The van der Waals surface area contributed by atoms with E-state index in [-0.39, 0.29) is 0 Å². The fraction of sp³-hybridized carbons (Fsp3) is 0.333. The zero-order chi connectivity index (χ0) is 11.5. The molecule has 1 aromatic rings. The molecule has 0 saturated heterocycles. The van der Waals surface area contributed by atoms with Gasteiger partial charge in [-0.1, -0.05) is 17.7 Å². The Bertz CT molecular complexity index is 417. The first kappa shape index (κ1) is 12.0. The van der Waals surface area contributed by atoms with Crippen LogP contribution < -0.4 is 0 Å². The molecule has 4 heteroatoms. The molecular formula is C12H12BrClO2. The second kappa shape index (κ2) is 5.21. The Morgan fingerprint density at radius 3 is 2.88 bits per heavy atom. The largest absolute Gasteiger partial charge is 0.501 e. The Morgan fingerprint density at radius 1 is 1.44 bits per heavy atom. The van der Waals surface area contributed by atoms with Crippen LogP contribution in [0.4, 0.5) is 0 Å². The predicted molar refractivity (Wildman–Crippen MR) is 67.4 cm³/mol. The molecule has 0 aromatic heterocycles. The van der Waals surface area contributed by atoms with E-state index >= 15 is 0 Å². The summed E-state index contributed by atoms with van der Waals surface area (Å²) in [4.78, 5) is 0. The molecule has 1 heterocycles. The Morgan fingerprint density at radius 2 is 2.25 bits per heavy atom. The Labute approximate surface area is 108 Å². The fourth-order valence-corrected chi connectivity index (χ4v) is 2.12. The summed E-state index contributed by atoms with van der Waals surface area (Å²) in [5.74, 6) is 0. The molecule has 16 heavy (non-hydrogen) atoms. The van der Waals surface area contributed by atoms with Crippen LogP contribution in [-0.2, 0) is 4.74 Å². The van der Waals surface area contributed by atoms with E-state index in [2.05, 4.69) is 15.9 Å². The molecule has 0 saturated carbocycles. The van der Waals surface area contributed by atoms with Gasteiger partial charge in [-0.2, -0.15) is 0 Å². The molecule has 0 radical (unpaired) electrons. The van der Waals surface area contributed by atoms with E-state index in [1.165, 1.54) is 0 Å². The van der Waals surface area contributed by atoms with Gasteiger partial charge in [0.2, 0.25) is 0 Å². The van der Waals surface area contributed by atoms with Gasteiger partial charge in [-0.15, -0.1) is 0 Å². The Balaban J connectivity index is 2.22. The van der Waals surface area contributed by atoms with Gasteiger partial charge in [-0.25, -0.2) is 0 Å². The maximum atomic E-state index is 10.1. The van der Waals surface area contributed by atoms with Crippen LogP contribution in [0, 0.1) is 0 Å². The highest BCUT2D eigenvalue weighted by atomic mass is 79.9. The van der Waals surface area contributed by atoms with Crippen LogP contribution in [0.1, 0.15) is 24.5 Å². The van der Waals surface area contributed by atoms with E-state index in [1.807, 2.05) is 12.1 Å². The summed E-state index contributed by atoms with van der Waals surface area (Å²) in [6.07, 6.45) is 2.86. The number of aliphatic hydroxyl groups excluding tert-OH is 1. The molecule has 1 aliphatic rings. The van der Waals surface area contributed by atoms with Crippen molar-refractivity contribution in [1.82, 2.24) is 0 Å². The van der Waals surface area contributed by atoms with Crippen molar-refractivity contribution < 1.29 is 9.84 Å². The normalized spacial score (nSPS) is 17.6. The molecular weight excluding hydrogens is 291 g/mol. The average Bonchev–Trinajstić information content (AvgIpc) is 2.33. The number of aliphatic hydroxyl groups is 1. The lowest BCUT2D eigenvalue weighted by molar-refractivity contribution is 0.170. The summed E-state index contributed by atoms with van der Waals surface area (Å²) >= 11 is 9.31. The minimum absolute atomic E-state index is 0.605. The van der Waals surface area contributed by atoms with Crippen molar-refractivity contribution in [3.8, 4) is 0 Å². The lowest BCUT2D eigenvalue weighted by atomic mass is 9.98. The molecule has 0 spiro atoms. The van der Waals surface area contributed by atoms with E-state index in [1.54, 1.807) is 12.3 Å². The second-order valence-corrected chi connectivity index (χ2v) is 5.00. The van der Waals surface area contributed by atoms with Crippen LogP contribution in [0.15, 0.2) is 34.5 Å². The van der Waals surface area contributed by atoms with Crippen molar-refractivity contribution >= 4 is 27.5 Å². The third-order valence-corrected chi connectivity index (χ3v) is 3.81. The molecule has 0 aliphatic carbocycles. The van der Waals surface area contributed by atoms with Gasteiger partial charge in [0.05, 0.1) is 17.9 Å². The number of rotatable bonds is 2. The molecule has 1 aromatic carbocycles. The van der Waals surface area contributed by atoms with Crippen LogP contribution in [0.3, 0.4) is 0 Å². The molecule has 1 unspecified atom stereocenters. The molecule has 0 fully saturated rings. The smallest absolute Gasteiger partial charge is 0.103 e. The van der Waals surface area contributed by atoms with Crippen molar-refractivity contribution in [1.29, 1.82) is 0 Å². The van der Waals surface area contributed by atoms with Gasteiger partial charge in [-0.3, -0.25) is 0 Å². The van der Waals surface area contributed by atoms with Crippen molar-refractivity contribution in [2.24, 2.45) is 0 Å². The van der Waals surface area contributed by atoms with E-state index < -0.39 is 6.10 Å². The lowest BCUT2D eigenvalue weighted by Gasteiger charge is -2.19. The quantitative estimate of drug-likeness (QED) is 0.900. The summed E-state index contributed by atoms with van der Waals surface area (Å²) in [5, 5.41) is 10.7. The van der Waals surface area contributed by atoms with Gasteiger partial charge in [0.25, 0.3) is 0 Å². The van der Waals surface area contributed by atoms with Crippen molar-refractivity contribution in [2.45, 2.75) is 18.9 Å². The topological polar surface area (TPSA) is 29.5 Å². The monoisotopic (exact) mass is 302 g/mol. The zero-order valence-corrected chi connectivity index (χ0v) is 11.0. The SMILES string of the molecule is OC(C1=COCCC1)c1ccc(Br)c(Cl)c1. The van der Waals surface area contributed by atoms with E-state index in [0.717, 1.165) is 35.1 Å². The van der Waals surface area contributed by atoms with Gasteiger partial charge in [0.1, 0.15) is 6.10 Å². The van der Waals surface area contributed by atoms with Gasteiger partial charge in [0, 0.05) is 4.47 Å². The van der Waals surface area contributed by atoms with Crippen LogP contribution in [0.25, 0.3) is 0 Å². The Kier molecular flexibility index (Phi) is 3.90. The predicted octanol–water partition coefficient (Wildman–Crippen LogP) is 3.83. The van der Waals surface area contributed by atoms with Crippen LogP contribution >= 0.6 is 27.5 Å². The molecule has 2 rings (SSSR count). The van der Waals surface area contributed by atoms with Crippen LogP contribution in [0.5, 0.6) is 0 Å². The fourth-order valence-electron chi connectivity index (χ4n) is 1.68. The van der Waals surface area contributed by atoms with E-state index in [0.29, 0.717) is 5.02 Å². The second-order valence-electron chi connectivity index (χ2n) is 3.74. The molecule has 0 bridgehead atoms. The first-order chi connectivity index (χ1) is 7.68. The highest BCUT2D eigenvalue weighted by Gasteiger charge is 2.16. The van der Waals surface area contributed by atoms with Gasteiger partial charge in [0.15, 0.2) is 0 Å². The molecule has 86 valence electrons.